The number of hydrogen-bond donors (Lipinski definition) is 0. The van der Waals surface area contributed by atoms with E-state index in [9.17, 15) is 18.0 Å². The molecule has 0 saturated carbocycles. The second-order valence-electron chi connectivity index (χ2n) is 4.50. The molecular formula is C16H9F3OS. The van der Waals surface area contributed by atoms with E-state index in [4.69, 9.17) is 0 Å². The van der Waals surface area contributed by atoms with Crippen molar-refractivity contribution >= 4 is 27.2 Å². The van der Waals surface area contributed by atoms with Crippen molar-refractivity contribution in [3.8, 4) is 11.1 Å². The van der Waals surface area contributed by atoms with Gasteiger partial charge in [-0.1, -0.05) is 48.5 Å². The van der Waals surface area contributed by atoms with Crippen LogP contribution in [0.4, 0.5) is 13.2 Å². The Kier molecular flexibility index (Phi) is 3.29. The summed E-state index contributed by atoms with van der Waals surface area (Å²) in [5.74, 6) is -1.79. The Bertz CT molecular complexity index is 803. The second kappa shape index (κ2) is 5.00. The third-order valence-electron chi connectivity index (χ3n) is 3.12. The normalized spacial score (nSPS) is 11.8. The number of ketones is 1. The number of carbonyl (C=O) groups excluding carboxylic acids is 1. The molecule has 3 aromatic rings. The minimum Gasteiger partial charge on any atom is -0.283 e. The summed E-state index contributed by atoms with van der Waals surface area (Å²) in [6.07, 6.45) is -4.87. The number of thiophene rings is 1. The largest absolute Gasteiger partial charge is 0.455 e. The van der Waals surface area contributed by atoms with Gasteiger partial charge in [-0.25, -0.2) is 0 Å². The highest BCUT2D eigenvalue weighted by Crippen LogP contribution is 2.41. The van der Waals surface area contributed by atoms with Crippen molar-refractivity contribution in [2.24, 2.45) is 0 Å². The summed E-state index contributed by atoms with van der Waals surface area (Å²) >= 11 is 0.884. The number of fused-ring (bicyclic) bond motifs is 1. The molecule has 2 aromatic carbocycles. The number of rotatable bonds is 2. The first kappa shape index (κ1) is 13.8. The molecular weight excluding hydrogens is 297 g/mol. The number of benzene rings is 2. The van der Waals surface area contributed by atoms with Gasteiger partial charge in [0.15, 0.2) is 0 Å². The molecule has 1 heterocycles. The van der Waals surface area contributed by atoms with Gasteiger partial charge in [0.2, 0.25) is 0 Å². The van der Waals surface area contributed by atoms with Crippen molar-refractivity contribution in [3.05, 3.63) is 59.5 Å². The highest BCUT2D eigenvalue weighted by Gasteiger charge is 2.42. The Morgan fingerprint density at radius 3 is 2.19 bits per heavy atom. The van der Waals surface area contributed by atoms with E-state index in [0.717, 1.165) is 11.3 Å². The number of Topliss-reactive ketones (excluding diaryl/α,β-unsaturated/α-hetero) is 1. The monoisotopic (exact) mass is 306 g/mol. The maximum atomic E-state index is 12.8. The molecule has 0 atom stereocenters. The van der Waals surface area contributed by atoms with Gasteiger partial charge < -0.3 is 0 Å². The zero-order valence-electron chi connectivity index (χ0n) is 10.6. The highest BCUT2D eigenvalue weighted by atomic mass is 32.1. The molecule has 5 heteroatoms. The Labute approximate surface area is 122 Å². The van der Waals surface area contributed by atoms with Crippen LogP contribution in [0.1, 0.15) is 9.67 Å². The number of hydrogen-bond acceptors (Lipinski definition) is 2. The van der Waals surface area contributed by atoms with E-state index in [1.54, 1.807) is 54.6 Å². The van der Waals surface area contributed by atoms with Gasteiger partial charge in [0.05, 0.1) is 4.88 Å². The summed E-state index contributed by atoms with van der Waals surface area (Å²) < 4.78 is 39.1. The highest BCUT2D eigenvalue weighted by molar-refractivity contribution is 7.21. The molecule has 106 valence electrons. The summed E-state index contributed by atoms with van der Waals surface area (Å²) in [7, 11) is 0. The summed E-state index contributed by atoms with van der Waals surface area (Å²) in [5, 5.41) is 0.668. The average Bonchev–Trinajstić information content (AvgIpc) is 2.85. The van der Waals surface area contributed by atoms with Gasteiger partial charge in [-0.2, -0.15) is 13.2 Å². The number of alkyl halides is 3. The van der Waals surface area contributed by atoms with E-state index in [1.807, 2.05) is 0 Å². The summed E-state index contributed by atoms with van der Waals surface area (Å²) in [6.45, 7) is 0. The quantitative estimate of drug-likeness (QED) is 0.586. The van der Waals surface area contributed by atoms with Crippen LogP contribution in [0.3, 0.4) is 0 Å². The van der Waals surface area contributed by atoms with Gasteiger partial charge >= 0.3 is 6.18 Å². The van der Waals surface area contributed by atoms with Crippen molar-refractivity contribution in [2.45, 2.75) is 6.18 Å². The lowest BCUT2D eigenvalue weighted by Crippen LogP contribution is -2.22. The predicted molar refractivity (Wildman–Crippen MR) is 77.6 cm³/mol. The van der Waals surface area contributed by atoms with Crippen LogP contribution in [-0.2, 0) is 0 Å². The van der Waals surface area contributed by atoms with E-state index >= 15 is 0 Å². The Balaban J connectivity index is 2.32. The molecule has 0 aliphatic heterocycles. The lowest BCUT2D eigenvalue weighted by molar-refractivity contribution is -0.0882. The van der Waals surface area contributed by atoms with E-state index in [1.165, 1.54) is 0 Å². The summed E-state index contributed by atoms with van der Waals surface area (Å²) in [5.41, 5.74) is 0.973. The summed E-state index contributed by atoms with van der Waals surface area (Å²) in [6, 6.07) is 15.6. The van der Waals surface area contributed by atoms with Crippen LogP contribution < -0.4 is 0 Å². The van der Waals surface area contributed by atoms with Gasteiger partial charge in [-0.15, -0.1) is 11.3 Å². The Hall–Kier alpha value is -2.14. The SMILES string of the molecule is O=C(c1sc2ccccc2c1-c1ccccc1)C(F)(F)F. The fraction of sp³-hybridized carbons (Fsp3) is 0.0625. The molecule has 0 aliphatic rings. The molecule has 0 unspecified atom stereocenters. The minimum absolute atomic E-state index is 0.255. The molecule has 0 radical (unpaired) electrons. The van der Waals surface area contributed by atoms with Gasteiger partial charge in [-0.05, 0) is 11.6 Å². The first-order valence-corrected chi connectivity index (χ1v) is 6.98. The third kappa shape index (κ3) is 2.45. The van der Waals surface area contributed by atoms with Crippen LogP contribution in [-0.4, -0.2) is 12.0 Å². The molecule has 1 nitrogen and oxygen atoms in total. The molecule has 0 N–H and O–H groups in total. The Morgan fingerprint density at radius 2 is 1.52 bits per heavy atom. The van der Waals surface area contributed by atoms with Gasteiger partial charge in [0.25, 0.3) is 5.78 Å². The molecule has 0 saturated heterocycles. The number of halogens is 3. The first-order chi connectivity index (χ1) is 9.98. The van der Waals surface area contributed by atoms with Gasteiger partial charge in [0.1, 0.15) is 0 Å². The molecule has 1 aromatic heterocycles. The van der Waals surface area contributed by atoms with E-state index in [-0.39, 0.29) is 4.88 Å². The van der Waals surface area contributed by atoms with Crippen molar-refractivity contribution in [3.63, 3.8) is 0 Å². The van der Waals surface area contributed by atoms with Crippen LogP contribution in [0.25, 0.3) is 21.2 Å². The van der Waals surface area contributed by atoms with Crippen molar-refractivity contribution < 1.29 is 18.0 Å². The lowest BCUT2D eigenvalue weighted by atomic mass is 10.0. The van der Waals surface area contributed by atoms with E-state index in [0.29, 0.717) is 21.2 Å². The smallest absolute Gasteiger partial charge is 0.283 e. The van der Waals surface area contributed by atoms with Gasteiger partial charge in [0, 0.05) is 15.6 Å². The Morgan fingerprint density at radius 1 is 0.905 bits per heavy atom. The summed E-state index contributed by atoms with van der Waals surface area (Å²) in [4.78, 5) is 11.5. The standard InChI is InChI=1S/C16H9F3OS/c17-16(18,19)15(20)14-13(10-6-2-1-3-7-10)11-8-4-5-9-12(11)21-14/h1-9H. The van der Waals surface area contributed by atoms with Crippen LogP contribution >= 0.6 is 11.3 Å². The van der Waals surface area contributed by atoms with Gasteiger partial charge in [-0.3, -0.25) is 4.79 Å². The predicted octanol–water partition coefficient (Wildman–Crippen LogP) is 5.31. The van der Waals surface area contributed by atoms with Crippen LogP contribution in [0.2, 0.25) is 0 Å². The van der Waals surface area contributed by atoms with E-state index < -0.39 is 12.0 Å². The minimum atomic E-state index is -4.87. The third-order valence-corrected chi connectivity index (χ3v) is 4.29. The average molecular weight is 306 g/mol. The molecule has 0 bridgehead atoms. The number of carbonyl (C=O) groups is 1. The lowest BCUT2D eigenvalue weighted by Gasteiger charge is -2.07. The maximum absolute atomic E-state index is 12.8. The molecule has 21 heavy (non-hydrogen) atoms. The molecule has 0 amide bonds. The molecule has 0 aliphatic carbocycles. The van der Waals surface area contributed by atoms with Crippen molar-refractivity contribution in [2.75, 3.05) is 0 Å². The van der Waals surface area contributed by atoms with Crippen LogP contribution in [0, 0.1) is 0 Å². The topological polar surface area (TPSA) is 17.1 Å². The zero-order chi connectivity index (χ0) is 15.0. The fourth-order valence-electron chi connectivity index (χ4n) is 2.23. The van der Waals surface area contributed by atoms with Crippen LogP contribution in [0.5, 0.6) is 0 Å². The molecule has 0 spiro atoms. The fourth-order valence-corrected chi connectivity index (χ4v) is 3.41. The van der Waals surface area contributed by atoms with Crippen molar-refractivity contribution in [1.82, 2.24) is 0 Å². The maximum Gasteiger partial charge on any atom is 0.455 e. The second-order valence-corrected chi connectivity index (χ2v) is 5.55. The van der Waals surface area contributed by atoms with Crippen LogP contribution in [0.15, 0.2) is 54.6 Å². The van der Waals surface area contributed by atoms with E-state index in [2.05, 4.69) is 0 Å². The molecule has 3 rings (SSSR count). The zero-order valence-corrected chi connectivity index (χ0v) is 11.5. The first-order valence-electron chi connectivity index (χ1n) is 6.17. The molecule has 0 fully saturated rings. The van der Waals surface area contributed by atoms with Crippen molar-refractivity contribution in [1.29, 1.82) is 0 Å².